The van der Waals surface area contributed by atoms with E-state index in [0.717, 1.165) is 5.56 Å². The molecule has 0 saturated carbocycles. The van der Waals surface area contributed by atoms with Gasteiger partial charge in [-0.25, -0.2) is 0 Å². The van der Waals surface area contributed by atoms with Crippen molar-refractivity contribution in [2.75, 3.05) is 0 Å². The summed E-state index contributed by atoms with van der Waals surface area (Å²) in [6.45, 7) is 0. The molecule has 0 bridgehead atoms. The summed E-state index contributed by atoms with van der Waals surface area (Å²) in [5.41, 5.74) is 1.41. The first kappa shape index (κ1) is 14.8. The van der Waals surface area contributed by atoms with Crippen LogP contribution in [0.25, 0.3) is 5.70 Å². The van der Waals surface area contributed by atoms with E-state index in [-0.39, 0.29) is 17.8 Å². The van der Waals surface area contributed by atoms with E-state index in [1.165, 1.54) is 6.08 Å². The maximum Gasteiger partial charge on any atom is 0.283 e. The molecule has 116 valence electrons. The molecular formula is C17H14N2O4. The molecule has 0 aromatic heterocycles. The minimum absolute atomic E-state index is 0.126. The van der Waals surface area contributed by atoms with Crippen LogP contribution in [0.3, 0.4) is 0 Å². The topological polar surface area (TPSA) is 78.4 Å². The average molecular weight is 310 g/mol. The molecule has 23 heavy (non-hydrogen) atoms. The van der Waals surface area contributed by atoms with Crippen LogP contribution in [-0.2, 0) is 4.84 Å². The second-order valence-electron chi connectivity index (χ2n) is 5.11. The highest BCUT2D eigenvalue weighted by molar-refractivity contribution is 5.97. The van der Waals surface area contributed by atoms with Crippen molar-refractivity contribution in [3.05, 3.63) is 93.2 Å². The van der Waals surface area contributed by atoms with Crippen LogP contribution < -0.4 is 0 Å². The summed E-state index contributed by atoms with van der Waals surface area (Å²) in [5, 5.41) is 23.2. The Morgan fingerprint density at radius 2 is 1.74 bits per heavy atom. The Balaban J connectivity index is 1.88. The third-order valence-corrected chi connectivity index (χ3v) is 3.59. The van der Waals surface area contributed by atoms with Gasteiger partial charge in [0.2, 0.25) is 0 Å². The standard InChI is InChI=1S/C17H14N2O4/c20-18(21)16(13-7-3-1-4-8-13)11-15-12-17(23-19(15)22)14-9-5-2-6-10-14/h1-11,17H,12H2/b16-11+. The van der Waals surface area contributed by atoms with Gasteiger partial charge in [0.1, 0.15) is 6.10 Å². The number of hydrogen-bond donors (Lipinski definition) is 0. The van der Waals surface area contributed by atoms with Crippen LogP contribution >= 0.6 is 0 Å². The number of benzene rings is 2. The van der Waals surface area contributed by atoms with Crippen LogP contribution in [0.1, 0.15) is 23.7 Å². The molecule has 2 aromatic carbocycles. The van der Waals surface area contributed by atoms with E-state index in [4.69, 9.17) is 4.84 Å². The lowest BCUT2D eigenvalue weighted by atomic mass is 10.0. The fraction of sp³-hybridized carbons (Fsp3) is 0.118. The fourth-order valence-electron chi connectivity index (χ4n) is 2.45. The van der Waals surface area contributed by atoms with Gasteiger partial charge in [-0.05, 0) is 17.7 Å². The number of nitrogens with zero attached hydrogens (tertiary/aromatic N) is 2. The van der Waals surface area contributed by atoms with E-state index in [1.807, 2.05) is 30.3 Å². The fourth-order valence-corrected chi connectivity index (χ4v) is 2.45. The van der Waals surface area contributed by atoms with Gasteiger partial charge in [0.15, 0.2) is 0 Å². The highest BCUT2D eigenvalue weighted by atomic mass is 16.9. The second-order valence-corrected chi connectivity index (χ2v) is 5.11. The molecule has 0 radical (unpaired) electrons. The zero-order chi connectivity index (χ0) is 16.2. The number of hydrogen-bond acceptors (Lipinski definition) is 4. The molecule has 6 heteroatoms. The van der Waals surface area contributed by atoms with Crippen molar-refractivity contribution >= 4 is 11.4 Å². The van der Waals surface area contributed by atoms with E-state index in [2.05, 4.69) is 0 Å². The van der Waals surface area contributed by atoms with Crippen LogP contribution in [0.2, 0.25) is 0 Å². The van der Waals surface area contributed by atoms with Crippen molar-refractivity contribution in [1.29, 1.82) is 0 Å². The Morgan fingerprint density at radius 1 is 1.13 bits per heavy atom. The summed E-state index contributed by atoms with van der Waals surface area (Å²) in [4.78, 5) is 16.4. The third kappa shape index (κ3) is 3.21. The summed E-state index contributed by atoms with van der Waals surface area (Å²) in [5.74, 6) is 0. The predicted octanol–water partition coefficient (Wildman–Crippen LogP) is 3.33. The van der Waals surface area contributed by atoms with E-state index in [1.54, 1.807) is 30.3 Å². The van der Waals surface area contributed by atoms with Gasteiger partial charge in [-0.1, -0.05) is 48.5 Å². The monoisotopic (exact) mass is 310 g/mol. The van der Waals surface area contributed by atoms with Crippen molar-refractivity contribution in [1.82, 2.24) is 0 Å². The van der Waals surface area contributed by atoms with Crippen LogP contribution in [0, 0.1) is 15.3 Å². The summed E-state index contributed by atoms with van der Waals surface area (Å²) >= 11 is 0. The summed E-state index contributed by atoms with van der Waals surface area (Å²) in [6, 6.07) is 17.8. The highest BCUT2D eigenvalue weighted by Gasteiger charge is 2.30. The molecule has 1 heterocycles. The summed E-state index contributed by atoms with van der Waals surface area (Å²) in [7, 11) is 0. The Hall–Kier alpha value is -3.15. The number of allylic oxidation sites excluding steroid dienone is 1. The van der Waals surface area contributed by atoms with Crippen molar-refractivity contribution in [2.45, 2.75) is 12.5 Å². The van der Waals surface area contributed by atoms with Gasteiger partial charge in [0.05, 0.1) is 23.0 Å². The summed E-state index contributed by atoms with van der Waals surface area (Å²) < 4.78 is 0. The smallest absolute Gasteiger partial charge is 0.283 e. The molecule has 0 N–H and O–H groups in total. The molecule has 6 nitrogen and oxygen atoms in total. The zero-order valence-electron chi connectivity index (χ0n) is 12.2. The average Bonchev–Trinajstić information content (AvgIpc) is 2.95. The maximum absolute atomic E-state index is 11.9. The normalized spacial score (nSPS) is 17.9. The van der Waals surface area contributed by atoms with Gasteiger partial charge in [-0.3, -0.25) is 15.3 Å². The molecule has 0 aliphatic carbocycles. The largest absolute Gasteiger partial charge is 0.394 e. The molecule has 1 unspecified atom stereocenters. The predicted molar refractivity (Wildman–Crippen MR) is 84.9 cm³/mol. The summed E-state index contributed by atoms with van der Waals surface area (Å²) in [6.07, 6.45) is 1.15. The van der Waals surface area contributed by atoms with Crippen LogP contribution in [0.15, 0.2) is 66.7 Å². The van der Waals surface area contributed by atoms with Gasteiger partial charge < -0.3 is 4.84 Å². The van der Waals surface area contributed by atoms with Crippen molar-refractivity contribution in [2.24, 2.45) is 0 Å². The molecule has 0 saturated heterocycles. The van der Waals surface area contributed by atoms with Crippen molar-refractivity contribution in [3.8, 4) is 0 Å². The number of nitro groups is 1. The maximum atomic E-state index is 11.9. The molecule has 1 aliphatic rings. The molecule has 0 spiro atoms. The van der Waals surface area contributed by atoms with E-state index in [9.17, 15) is 15.3 Å². The molecule has 0 fully saturated rings. The number of rotatable bonds is 4. The third-order valence-electron chi connectivity index (χ3n) is 3.59. The quantitative estimate of drug-likeness (QED) is 0.493. The first-order chi connectivity index (χ1) is 11.1. The lowest BCUT2D eigenvalue weighted by molar-refractivity contribution is -0.742. The van der Waals surface area contributed by atoms with E-state index >= 15 is 0 Å². The molecular weight excluding hydrogens is 296 g/mol. The van der Waals surface area contributed by atoms with E-state index in [0.29, 0.717) is 10.5 Å². The molecule has 3 rings (SSSR count). The molecule has 0 amide bonds. The first-order valence-electron chi connectivity index (χ1n) is 7.11. The Bertz CT molecular complexity index is 770. The molecule has 1 atom stereocenters. The van der Waals surface area contributed by atoms with Crippen molar-refractivity contribution < 1.29 is 14.7 Å². The highest BCUT2D eigenvalue weighted by Crippen LogP contribution is 2.28. The van der Waals surface area contributed by atoms with Crippen LogP contribution in [0.4, 0.5) is 0 Å². The molecule has 2 aromatic rings. The van der Waals surface area contributed by atoms with Gasteiger partial charge in [-0.15, -0.1) is 0 Å². The van der Waals surface area contributed by atoms with Crippen LogP contribution in [0.5, 0.6) is 0 Å². The Morgan fingerprint density at radius 3 is 2.35 bits per heavy atom. The van der Waals surface area contributed by atoms with Gasteiger partial charge in [0, 0.05) is 4.90 Å². The Labute approximate surface area is 132 Å². The second kappa shape index (κ2) is 6.31. The lowest BCUT2D eigenvalue weighted by Gasteiger charge is -2.10. The SMILES string of the molecule is O=[N+]([O-])/C(=C/C1=[N+]([O-])OC(c2ccccc2)C1)c1ccccc1. The first-order valence-corrected chi connectivity index (χ1v) is 7.11. The lowest BCUT2D eigenvalue weighted by Crippen LogP contribution is -2.07. The van der Waals surface area contributed by atoms with E-state index < -0.39 is 11.0 Å². The molecule has 1 aliphatic heterocycles. The zero-order valence-corrected chi connectivity index (χ0v) is 12.2. The van der Waals surface area contributed by atoms with Gasteiger partial charge in [0.25, 0.3) is 11.4 Å². The van der Waals surface area contributed by atoms with Gasteiger partial charge in [-0.2, -0.15) is 0 Å². The minimum atomic E-state index is -0.494. The van der Waals surface area contributed by atoms with Crippen LogP contribution in [-0.4, -0.2) is 15.5 Å². The van der Waals surface area contributed by atoms with Gasteiger partial charge >= 0.3 is 0 Å². The van der Waals surface area contributed by atoms with Crippen molar-refractivity contribution in [3.63, 3.8) is 0 Å². The minimum Gasteiger partial charge on any atom is -0.394 e. The Kier molecular flexibility index (Phi) is 4.05.